The van der Waals surface area contributed by atoms with E-state index in [1.165, 1.54) is 70.6 Å². The average molecular weight is 436 g/mol. The van der Waals surface area contributed by atoms with Crippen molar-refractivity contribution < 1.29 is 4.79 Å². The van der Waals surface area contributed by atoms with Crippen molar-refractivity contribution >= 4 is 18.2 Å². The lowest BCUT2D eigenvalue weighted by molar-refractivity contribution is 0.0977. The third-order valence-electron chi connectivity index (χ3n) is 5.59. The van der Waals surface area contributed by atoms with E-state index in [2.05, 4.69) is 19.1 Å². The van der Waals surface area contributed by atoms with Gasteiger partial charge in [-0.05, 0) is 51.5 Å². The lowest BCUT2D eigenvalue weighted by Crippen LogP contribution is -2.30. The second-order valence-corrected chi connectivity index (χ2v) is 9.02. The maximum atomic E-state index is 12.6. The van der Waals surface area contributed by atoms with Crippen molar-refractivity contribution in [2.75, 3.05) is 0 Å². The van der Waals surface area contributed by atoms with Crippen molar-refractivity contribution in [3.63, 3.8) is 0 Å². The number of allylic oxidation sites excluding steroid dienone is 2. The SMILES string of the molecule is CCCCCCCCC=CCCCCCCCC(=O)c1ccccc1C(C)(C)N.Cl. The summed E-state index contributed by atoms with van der Waals surface area (Å²) >= 11 is 0. The predicted molar refractivity (Wildman–Crippen MR) is 135 cm³/mol. The smallest absolute Gasteiger partial charge is 0.163 e. The number of hydrogen-bond donors (Lipinski definition) is 1. The molecule has 0 saturated carbocycles. The van der Waals surface area contributed by atoms with Gasteiger partial charge >= 0.3 is 0 Å². The van der Waals surface area contributed by atoms with Gasteiger partial charge in [-0.25, -0.2) is 0 Å². The molecule has 30 heavy (non-hydrogen) atoms. The van der Waals surface area contributed by atoms with Gasteiger partial charge in [0.2, 0.25) is 0 Å². The number of carbonyl (C=O) groups excluding carboxylic acids is 1. The first-order chi connectivity index (χ1) is 14.0. The highest BCUT2D eigenvalue weighted by Crippen LogP contribution is 2.23. The van der Waals surface area contributed by atoms with Crippen LogP contribution in [0.2, 0.25) is 0 Å². The molecule has 1 aromatic rings. The number of unbranched alkanes of at least 4 members (excludes halogenated alkanes) is 11. The second kappa shape index (κ2) is 17.5. The first kappa shape index (κ1) is 28.9. The van der Waals surface area contributed by atoms with Gasteiger partial charge in [0.1, 0.15) is 0 Å². The Balaban J connectivity index is 0.00000841. The minimum Gasteiger partial charge on any atom is -0.322 e. The molecule has 0 radical (unpaired) electrons. The number of benzene rings is 1. The van der Waals surface area contributed by atoms with Crippen LogP contribution < -0.4 is 5.73 Å². The van der Waals surface area contributed by atoms with E-state index in [1.54, 1.807) is 0 Å². The third kappa shape index (κ3) is 13.2. The molecule has 0 heterocycles. The van der Waals surface area contributed by atoms with Crippen molar-refractivity contribution in [2.24, 2.45) is 5.73 Å². The van der Waals surface area contributed by atoms with E-state index >= 15 is 0 Å². The maximum absolute atomic E-state index is 12.6. The fourth-order valence-corrected chi connectivity index (χ4v) is 3.78. The minimum atomic E-state index is -0.477. The number of hydrogen-bond acceptors (Lipinski definition) is 2. The molecule has 0 atom stereocenters. The van der Waals surface area contributed by atoms with Gasteiger partial charge in [-0.1, -0.05) is 94.7 Å². The van der Waals surface area contributed by atoms with Gasteiger partial charge in [0.25, 0.3) is 0 Å². The summed E-state index contributed by atoms with van der Waals surface area (Å²) in [5.41, 5.74) is 7.50. The molecule has 0 aliphatic heterocycles. The van der Waals surface area contributed by atoms with Crippen LogP contribution in [0.4, 0.5) is 0 Å². The summed E-state index contributed by atoms with van der Waals surface area (Å²) in [5.74, 6) is 0.233. The zero-order valence-electron chi connectivity index (χ0n) is 19.8. The zero-order valence-corrected chi connectivity index (χ0v) is 20.6. The fourth-order valence-electron chi connectivity index (χ4n) is 3.78. The summed E-state index contributed by atoms with van der Waals surface area (Å²) < 4.78 is 0. The van der Waals surface area contributed by atoms with E-state index in [0.29, 0.717) is 6.42 Å². The van der Waals surface area contributed by atoms with E-state index in [-0.39, 0.29) is 18.2 Å². The zero-order chi connectivity index (χ0) is 21.4. The molecule has 172 valence electrons. The van der Waals surface area contributed by atoms with Crippen LogP contribution in [-0.4, -0.2) is 5.78 Å². The lowest BCUT2D eigenvalue weighted by Gasteiger charge is -2.22. The first-order valence-corrected chi connectivity index (χ1v) is 12.0. The van der Waals surface area contributed by atoms with Crippen molar-refractivity contribution in [1.82, 2.24) is 0 Å². The summed E-state index contributed by atoms with van der Waals surface area (Å²) in [5, 5.41) is 0. The van der Waals surface area contributed by atoms with Crippen LogP contribution in [-0.2, 0) is 5.54 Å². The minimum absolute atomic E-state index is 0. The molecule has 3 heteroatoms. The van der Waals surface area contributed by atoms with Crippen LogP contribution in [0.5, 0.6) is 0 Å². The van der Waals surface area contributed by atoms with Gasteiger partial charge in [-0.15, -0.1) is 12.4 Å². The van der Waals surface area contributed by atoms with Gasteiger partial charge in [-0.3, -0.25) is 4.79 Å². The highest BCUT2D eigenvalue weighted by atomic mass is 35.5. The maximum Gasteiger partial charge on any atom is 0.163 e. The monoisotopic (exact) mass is 435 g/mol. The van der Waals surface area contributed by atoms with Gasteiger partial charge in [-0.2, -0.15) is 0 Å². The average Bonchev–Trinajstić information content (AvgIpc) is 2.70. The molecule has 2 N–H and O–H groups in total. The van der Waals surface area contributed by atoms with Crippen LogP contribution >= 0.6 is 12.4 Å². The fraction of sp³-hybridized carbons (Fsp3) is 0.667. The van der Waals surface area contributed by atoms with E-state index in [1.807, 2.05) is 38.1 Å². The van der Waals surface area contributed by atoms with Crippen LogP contribution in [0.15, 0.2) is 36.4 Å². The summed E-state index contributed by atoms with van der Waals surface area (Å²) in [6.07, 6.45) is 21.9. The topological polar surface area (TPSA) is 43.1 Å². The Morgan fingerprint density at radius 2 is 1.33 bits per heavy atom. The largest absolute Gasteiger partial charge is 0.322 e. The summed E-state index contributed by atoms with van der Waals surface area (Å²) in [6.45, 7) is 6.19. The standard InChI is InChI=1S/C27H45NO.ClH/c1-4-5-6-7-8-9-10-11-12-13-14-15-16-17-18-23-26(29)24-21-19-20-22-25(24)27(2,3)28;/h11-12,19-22H,4-10,13-18,23,28H2,1-3H3;1H. The third-order valence-corrected chi connectivity index (χ3v) is 5.59. The molecular formula is C27H46ClNO. The molecule has 0 aliphatic rings. The number of ketones is 1. The Labute approximate surface area is 192 Å². The van der Waals surface area contributed by atoms with Gasteiger partial charge < -0.3 is 5.73 Å². The van der Waals surface area contributed by atoms with E-state index < -0.39 is 5.54 Å². The number of carbonyl (C=O) groups is 1. The second-order valence-electron chi connectivity index (χ2n) is 9.02. The predicted octanol–water partition coefficient (Wildman–Crippen LogP) is 8.52. The lowest BCUT2D eigenvalue weighted by atomic mass is 9.88. The van der Waals surface area contributed by atoms with Crippen LogP contribution in [0.25, 0.3) is 0 Å². The quantitative estimate of drug-likeness (QED) is 0.151. The van der Waals surface area contributed by atoms with Crippen molar-refractivity contribution in [3.05, 3.63) is 47.5 Å². The van der Waals surface area contributed by atoms with Crippen molar-refractivity contribution in [3.8, 4) is 0 Å². The highest BCUT2D eigenvalue weighted by molar-refractivity contribution is 5.97. The molecule has 0 saturated heterocycles. The number of rotatable bonds is 17. The molecule has 0 amide bonds. The first-order valence-electron chi connectivity index (χ1n) is 12.0. The molecule has 0 spiro atoms. The molecular weight excluding hydrogens is 390 g/mol. The van der Waals surface area contributed by atoms with Crippen LogP contribution in [0.3, 0.4) is 0 Å². The summed E-state index contributed by atoms with van der Waals surface area (Å²) in [4.78, 5) is 12.6. The van der Waals surface area contributed by atoms with Gasteiger partial charge in [0.15, 0.2) is 5.78 Å². The Kier molecular flexibility index (Phi) is 16.9. The molecule has 0 aromatic heterocycles. The van der Waals surface area contributed by atoms with E-state index in [0.717, 1.165) is 24.0 Å². The van der Waals surface area contributed by atoms with Crippen LogP contribution in [0, 0.1) is 0 Å². The number of Topliss-reactive ketones (excluding diaryl/α,β-unsaturated/α-hetero) is 1. The van der Waals surface area contributed by atoms with E-state index in [4.69, 9.17) is 5.73 Å². The Hall–Kier alpha value is -1.12. The number of nitrogens with two attached hydrogens (primary N) is 1. The molecule has 0 fully saturated rings. The van der Waals surface area contributed by atoms with E-state index in [9.17, 15) is 4.79 Å². The normalized spacial score (nSPS) is 11.6. The van der Waals surface area contributed by atoms with Crippen LogP contribution in [0.1, 0.15) is 127 Å². The molecule has 0 aliphatic carbocycles. The Morgan fingerprint density at radius 3 is 1.90 bits per heavy atom. The number of halogens is 1. The molecule has 0 bridgehead atoms. The summed E-state index contributed by atoms with van der Waals surface area (Å²) in [6, 6.07) is 7.79. The summed E-state index contributed by atoms with van der Waals surface area (Å²) in [7, 11) is 0. The van der Waals surface area contributed by atoms with Crippen molar-refractivity contribution in [2.45, 2.75) is 116 Å². The van der Waals surface area contributed by atoms with Gasteiger partial charge in [0.05, 0.1) is 0 Å². The molecule has 1 aromatic carbocycles. The van der Waals surface area contributed by atoms with Gasteiger partial charge in [0, 0.05) is 17.5 Å². The molecule has 0 unspecified atom stereocenters. The highest BCUT2D eigenvalue weighted by Gasteiger charge is 2.21. The molecule has 2 nitrogen and oxygen atoms in total. The Morgan fingerprint density at radius 1 is 0.833 bits per heavy atom. The molecule has 1 rings (SSSR count). The Bertz CT molecular complexity index is 589. The van der Waals surface area contributed by atoms with Crippen molar-refractivity contribution in [1.29, 1.82) is 0 Å².